The van der Waals surface area contributed by atoms with E-state index in [4.69, 9.17) is 18.9 Å². The Morgan fingerprint density at radius 1 is 0.931 bits per heavy atom. The standard InChI is InChI=1S/C21H22N2O5S/c1-23-20(24)18(29-21(23)22-14-6-8-15(25-2)9-7-14)12-13-10-16(26-3)19(28-5)17(11-13)27-4/h6-12H,1-5H3/b18-12-,22-21?. The largest absolute Gasteiger partial charge is 0.497 e. The molecule has 2 aromatic rings. The molecule has 3 rings (SSSR count). The van der Waals surface area contributed by atoms with E-state index >= 15 is 0 Å². The number of carbonyl (C=O) groups excluding carboxylic acids is 1. The van der Waals surface area contributed by atoms with Gasteiger partial charge < -0.3 is 18.9 Å². The first kappa shape index (κ1) is 20.6. The molecule has 2 aromatic carbocycles. The highest BCUT2D eigenvalue weighted by atomic mass is 32.2. The SMILES string of the molecule is COc1ccc(N=C2S/C(=C\c3cc(OC)c(OC)c(OC)c3)C(=O)N2C)cc1. The Morgan fingerprint density at radius 2 is 1.55 bits per heavy atom. The highest BCUT2D eigenvalue weighted by Crippen LogP contribution is 2.40. The summed E-state index contributed by atoms with van der Waals surface area (Å²) in [5.41, 5.74) is 1.50. The first-order valence-corrected chi connectivity index (χ1v) is 9.52. The summed E-state index contributed by atoms with van der Waals surface area (Å²) in [6.07, 6.45) is 1.78. The van der Waals surface area contributed by atoms with Gasteiger partial charge in [0, 0.05) is 7.05 Å². The van der Waals surface area contributed by atoms with Crippen molar-refractivity contribution in [2.75, 3.05) is 35.5 Å². The zero-order valence-corrected chi connectivity index (χ0v) is 17.7. The normalized spacial score (nSPS) is 16.4. The van der Waals surface area contributed by atoms with Crippen LogP contribution in [0.3, 0.4) is 0 Å². The molecule has 1 heterocycles. The van der Waals surface area contributed by atoms with E-state index < -0.39 is 0 Å². The van der Waals surface area contributed by atoms with Crippen LogP contribution in [0.2, 0.25) is 0 Å². The minimum absolute atomic E-state index is 0.129. The van der Waals surface area contributed by atoms with Crippen molar-refractivity contribution in [3.63, 3.8) is 0 Å². The second-order valence-electron chi connectivity index (χ2n) is 6.03. The van der Waals surface area contributed by atoms with Crippen molar-refractivity contribution in [1.29, 1.82) is 0 Å². The Labute approximate surface area is 173 Å². The van der Waals surface area contributed by atoms with Crippen LogP contribution in [0.15, 0.2) is 46.3 Å². The monoisotopic (exact) mass is 414 g/mol. The summed E-state index contributed by atoms with van der Waals surface area (Å²) >= 11 is 1.31. The fourth-order valence-corrected chi connectivity index (χ4v) is 3.74. The first-order valence-electron chi connectivity index (χ1n) is 8.71. The molecule has 0 radical (unpaired) electrons. The van der Waals surface area contributed by atoms with Gasteiger partial charge in [-0.05, 0) is 59.8 Å². The van der Waals surface area contributed by atoms with E-state index in [2.05, 4.69) is 4.99 Å². The predicted molar refractivity (Wildman–Crippen MR) is 115 cm³/mol. The van der Waals surface area contributed by atoms with E-state index in [1.54, 1.807) is 53.7 Å². The van der Waals surface area contributed by atoms with Crippen molar-refractivity contribution in [1.82, 2.24) is 4.90 Å². The second kappa shape index (κ2) is 8.91. The van der Waals surface area contributed by atoms with Crippen molar-refractivity contribution < 1.29 is 23.7 Å². The summed E-state index contributed by atoms with van der Waals surface area (Å²) in [5, 5.41) is 0.596. The van der Waals surface area contributed by atoms with Crippen molar-refractivity contribution in [2.45, 2.75) is 0 Å². The Hall–Kier alpha value is -3.13. The molecule has 0 aromatic heterocycles. The van der Waals surface area contributed by atoms with Gasteiger partial charge in [0.2, 0.25) is 5.75 Å². The number of hydrogen-bond acceptors (Lipinski definition) is 7. The molecule has 0 atom stereocenters. The second-order valence-corrected chi connectivity index (χ2v) is 7.03. The third kappa shape index (κ3) is 4.32. The lowest BCUT2D eigenvalue weighted by molar-refractivity contribution is -0.121. The number of amides is 1. The molecule has 29 heavy (non-hydrogen) atoms. The van der Waals surface area contributed by atoms with Crippen LogP contribution in [0.5, 0.6) is 23.0 Å². The molecular formula is C21H22N2O5S. The number of likely N-dealkylation sites (N-methyl/N-ethyl adjacent to an activating group) is 1. The highest BCUT2D eigenvalue weighted by Gasteiger charge is 2.30. The molecule has 1 amide bonds. The smallest absolute Gasteiger partial charge is 0.266 e. The topological polar surface area (TPSA) is 69.6 Å². The average molecular weight is 414 g/mol. The predicted octanol–water partition coefficient (Wildman–Crippen LogP) is 3.95. The molecule has 0 bridgehead atoms. The van der Waals surface area contributed by atoms with Gasteiger partial charge in [-0.25, -0.2) is 4.99 Å². The van der Waals surface area contributed by atoms with Crippen LogP contribution in [0.4, 0.5) is 5.69 Å². The van der Waals surface area contributed by atoms with Gasteiger partial charge in [0.25, 0.3) is 5.91 Å². The summed E-state index contributed by atoms with van der Waals surface area (Å²) in [5.74, 6) is 2.17. The quantitative estimate of drug-likeness (QED) is 0.667. The van der Waals surface area contributed by atoms with Gasteiger partial charge in [-0.2, -0.15) is 0 Å². The number of amidine groups is 1. The van der Waals surface area contributed by atoms with Gasteiger partial charge in [-0.3, -0.25) is 9.69 Å². The van der Waals surface area contributed by atoms with E-state index in [1.165, 1.54) is 16.7 Å². The number of ether oxygens (including phenoxy) is 4. The van der Waals surface area contributed by atoms with Crippen molar-refractivity contribution in [3.05, 3.63) is 46.9 Å². The van der Waals surface area contributed by atoms with Crippen LogP contribution in [0.25, 0.3) is 6.08 Å². The number of benzene rings is 2. The number of methoxy groups -OCH3 is 4. The maximum absolute atomic E-state index is 12.7. The molecule has 1 aliphatic rings. The van der Waals surface area contributed by atoms with Crippen molar-refractivity contribution >= 4 is 34.6 Å². The molecule has 1 saturated heterocycles. The van der Waals surface area contributed by atoms with E-state index in [-0.39, 0.29) is 5.91 Å². The summed E-state index contributed by atoms with van der Waals surface area (Å²) in [7, 11) is 7.97. The van der Waals surface area contributed by atoms with Crippen LogP contribution in [-0.2, 0) is 4.79 Å². The van der Waals surface area contributed by atoms with Crippen LogP contribution >= 0.6 is 11.8 Å². The molecule has 1 aliphatic heterocycles. The lowest BCUT2D eigenvalue weighted by atomic mass is 10.1. The van der Waals surface area contributed by atoms with Gasteiger partial charge in [0.15, 0.2) is 16.7 Å². The number of hydrogen-bond donors (Lipinski definition) is 0. The van der Waals surface area contributed by atoms with Crippen molar-refractivity contribution in [3.8, 4) is 23.0 Å². The summed E-state index contributed by atoms with van der Waals surface area (Å²) in [4.78, 5) is 19.3. The van der Waals surface area contributed by atoms with Gasteiger partial charge in [0.1, 0.15) is 5.75 Å². The molecule has 152 valence electrons. The van der Waals surface area contributed by atoms with Crippen LogP contribution < -0.4 is 18.9 Å². The third-order valence-electron chi connectivity index (χ3n) is 4.29. The Morgan fingerprint density at radius 3 is 2.07 bits per heavy atom. The molecular weight excluding hydrogens is 392 g/mol. The molecule has 7 nitrogen and oxygen atoms in total. The van der Waals surface area contributed by atoms with E-state index in [0.717, 1.165) is 17.0 Å². The minimum atomic E-state index is -0.129. The van der Waals surface area contributed by atoms with E-state index in [1.807, 2.05) is 24.3 Å². The number of rotatable bonds is 6. The summed E-state index contributed by atoms with van der Waals surface area (Å²) in [6, 6.07) is 10.9. The zero-order valence-electron chi connectivity index (χ0n) is 16.9. The van der Waals surface area contributed by atoms with Crippen molar-refractivity contribution in [2.24, 2.45) is 4.99 Å². The molecule has 0 unspecified atom stereocenters. The zero-order chi connectivity index (χ0) is 21.0. The third-order valence-corrected chi connectivity index (χ3v) is 5.35. The molecule has 0 saturated carbocycles. The van der Waals surface area contributed by atoms with Crippen LogP contribution in [-0.4, -0.2) is 51.5 Å². The van der Waals surface area contributed by atoms with Crippen LogP contribution in [0, 0.1) is 0 Å². The van der Waals surface area contributed by atoms with Gasteiger partial charge in [-0.1, -0.05) is 0 Å². The Bertz CT molecular complexity index is 945. The Balaban J connectivity index is 1.92. The van der Waals surface area contributed by atoms with Crippen LogP contribution in [0.1, 0.15) is 5.56 Å². The maximum Gasteiger partial charge on any atom is 0.266 e. The average Bonchev–Trinajstić information content (AvgIpc) is 3.01. The lowest BCUT2D eigenvalue weighted by Gasteiger charge is -2.13. The molecule has 0 N–H and O–H groups in total. The summed E-state index contributed by atoms with van der Waals surface area (Å²) < 4.78 is 21.3. The minimum Gasteiger partial charge on any atom is -0.497 e. The fraction of sp³-hybridized carbons (Fsp3) is 0.238. The van der Waals surface area contributed by atoms with Gasteiger partial charge in [0.05, 0.1) is 39.0 Å². The number of carbonyl (C=O) groups is 1. The first-order chi connectivity index (χ1) is 14.0. The fourth-order valence-electron chi connectivity index (χ4n) is 2.75. The summed E-state index contributed by atoms with van der Waals surface area (Å²) in [6.45, 7) is 0. The number of aliphatic imine (C=N–C) groups is 1. The number of nitrogens with zero attached hydrogens (tertiary/aromatic N) is 2. The van der Waals surface area contributed by atoms with E-state index in [9.17, 15) is 4.79 Å². The molecule has 8 heteroatoms. The van der Waals surface area contributed by atoms with Gasteiger partial charge in [-0.15, -0.1) is 0 Å². The Kier molecular flexibility index (Phi) is 6.33. The maximum atomic E-state index is 12.7. The van der Waals surface area contributed by atoms with Gasteiger partial charge >= 0.3 is 0 Å². The molecule has 0 aliphatic carbocycles. The lowest BCUT2D eigenvalue weighted by Crippen LogP contribution is -2.23. The van der Waals surface area contributed by atoms with E-state index in [0.29, 0.717) is 27.3 Å². The molecule has 1 fully saturated rings. The number of thioether (sulfide) groups is 1. The highest BCUT2D eigenvalue weighted by molar-refractivity contribution is 8.18. The molecule has 0 spiro atoms.